The van der Waals surface area contributed by atoms with Crippen LogP contribution in [0.25, 0.3) is 0 Å². The van der Waals surface area contributed by atoms with Crippen molar-refractivity contribution in [1.29, 1.82) is 0 Å². The minimum absolute atomic E-state index is 0.189. The first-order valence-corrected chi connectivity index (χ1v) is 5.82. The molecule has 0 unspecified atom stereocenters. The largest absolute Gasteiger partial charge is 0.363 e. The highest BCUT2D eigenvalue weighted by Crippen LogP contribution is 2.28. The highest BCUT2D eigenvalue weighted by molar-refractivity contribution is 5.63. The maximum absolute atomic E-state index is 11.0. The summed E-state index contributed by atoms with van der Waals surface area (Å²) in [6.45, 7) is 5.79. The van der Waals surface area contributed by atoms with Crippen LogP contribution in [-0.4, -0.2) is 30.1 Å². The van der Waals surface area contributed by atoms with E-state index in [4.69, 9.17) is 0 Å². The molecule has 2 atom stereocenters. The summed E-state index contributed by atoms with van der Waals surface area (Å²) in [4.78, 5) is 12.8. The van der Waals surface area contributed by atoms with Crippen molar-refractivity contribution in [2.75, 3.05) is 18.0 Å². The molecule has 1 aromatic carbocycles. The van der Waals surface area contributed by atoms with E-state index in [0.717, 1.165) is 18.8 Å². The molecule has 0 aromatic heterocycles. The van der Waals surface area contributed by atoms with Gasteiger partial charge < -0.3 is 10.2 Å². The lowest BCUT2D eigenvalue weighted by Gasteiger charge is -2.37. The molecular weight excluding hydrogens is 218 g/mol. The lowest BCUT2D eigenvalue weighted by Crippen LogP contribution is -2.54. The van der Waals surface area contributed by atoms with Gasteiger partial charge in [0.15, 0.2) is 0 Å². The third-order valence-electron chi connectivity index (χ3n) is 2.98. The summed E-state index contributed by atoms with van der Waals surface area (Å²) in [5.74, 6) is 0. The number of rotatable bonds is 2. The number of piperazine rings is 1. The normalized spacial score (nSPS) is 24.7. The molecule has 0 saturated carbocycles. The van der Waals surface area contributed by atoms with Crippen LogP contribution in [0.15, 0.2) is 24.3 Å². The van der Waals surface area contributed by atoms with Gasteiger partial charge in [0.2, 0.25) is 0 Å². The summed E-state index contributed by atoms with van der Waals surface area (Å²) >= 11 is 0. The fraction of sp³-hybridized carbons (Fsp3) is 0.500. The number of nitro groups is 1. The molecule has 1 saturated heterocycles. The number of hydrogen-bond donors (Lipinski definition) is 1. The maximum atomic E-state index is 11.0. The Bertz CT molecular complexity index is 412. The van der Waals surface area contributed by atoms with Crippen molar-refractivity contribution in [3.8, 4) is 0 Å². The van der Waals surface area contributed by atoms with E-state index in [1.165, 1.54) is 0 Å². The average Bonchev–Trinajstić information content (AvgIpc) is 2.27. The minimum Gasteiger partial charge on any atom is -0.363 e. The second-order valence-electron chi connectivity index (χ2n) is 4.62. The lowest BCUT2D eigenvalue weighted by atomic mass is 10.1. The third kappa shape index (κ3) is 2.55. The van der Waals surface area contributed by atoms with E-state index < -0.39 is 0 Å². The van der Waals surface area contributed by atoms with Crippen LogP contribution >= 0.6 is 0 Å². The first kappa shape index (κ1) is 11.9. The Kier molecular flexibility index (Phi) is 3.28. The zero-order valence-electron chi connectivity index (χ0n) is 10.1. The summed E-state index contributed by atoms with van der Waals surface area (Å²) in [6, 6.07) is 7.63. The Balaban J connectivity index is 2.30. The van der Waals surface area contributed by atoms with E-state index >= 15 is 0 Å². The third-order valence-corrected chi connectivity index (χ3v) is 2.98. The molecule has 1 fully saturated rings. The first-order valence-electron chi connectivity index (χ1n) is 5.82. The Morgan fingerprint density at radius 3 is 2.47 bits per heavy atom. The second-order valence-corrected chi connectivity index (χ2v) is 4.62. The Morgan fingerprint density at radius 2 is 1.88 bits per heavy atom. The standard InChI is InChI=1S/C12H17N3O2/c1-9-7-14(8-10(2)13-9)11-5-3-4-6-12(11)15(16)17/h3-6,9-10,13H,7-8H2,1-2H3/t9-,10+. The zero-order chi connectivity index (χ0) is 12.4. The van der Waals surface area contributed by atoms with Crippen molar-refractivity contribution in [1.82, 2.24) is 5.32 Å². The van der Waals surface area contributed by atoms with Crippen LogP contribution in [0, 0.1) is 10.1 Å². The molecule has 0 bridgehead atoms. The molecule has 5 heteroatoms. The molecule has 0 radical (unpaired) electrons. The molecule has 1 heterocycles. The van der Waals surface area contributed by atoms with Gasteiger partial charge in [-0.15, -0.1) is 0 Å². The van der Waals surface area contributed by atoms with Crippen LogP contribution in [0.2, 0.25) is 0 Å². The molecule has 2 rings (SSSR count). The van der Waals surface area contributed by atoms with Gasteiger partial charge in [-0.05, 0) is 19.9 Å². The van der Waals surface area contributed by atoms with Gasteiger partial charge >= 0.3 is 0 Å². The van der Waals surface area contributed by atoms with Gasteiger partial charge in [-0.3, -0.25) is 10.1 Å². The number of nitro benzene ring substituents is 1. The van der Waals surface area contributed by atoms with Crippen LogP contribution in [0.3, 0.4) is 0 Å². The smallest absolute Gasteiger partial charge is 0.292 e. The summed E-state index contributed by atoms with van der Waals surface area (Å²) < 4.78 is 0. The first-order chi connectivity index (χ1) is 8.08. The van der Waals surface area contributed by atoms with Crippen molar-refractivity contribution >= 4 is 11.4 Å². The van der Waals surface area contributed by atoms with Crippen LogP contribution in [0.4, 0.5) is 11.4 Å². The Labute approximate surface area is 101 Å². The molecule has 0 amide bonds. The molecule has 1 aromatic rings. The molecule has 1 aliphatic rings. The number of anilines is 1. The van der Waals surface area contributed by atoms with Crippen LogP contribution < -0.4 is 10.2 Å². The van der Waals surface area contributed by atoms with Gasteiger partial charge in [0.05, 0.1) is 4.92 Å². The van der Waals surface area contributed by atoms with Crippen LogP contribution in [0.5, 0.6) is 0 Å². The summed E-state index contributed by atoms with van der Waals surface area (Å²) in [7, 11) is 0. The molecule has 92 valence electrons. The van der Waals surface area contributed by atoms with Gasteiger partial charge in [0.25, 0.3) is 5.69 Å². The van der Waals surface area contributed by atoms with E-state index in [9.17, 15) is 10.1 Å². The van der Waals surface area contributed by atoms with Crippen molar-refractivity contribution in [2.24, 2.45) is 0 Å². The van der Waals surface area contributed by atoms with E-state index in [0.29, 0.717) is 12.1 Å². The average molecular weight is 235 g/mol. The quantitative estimate of drug-likeness (QED) is 0.627. The Hall–Kier alpha value is -1.62. The van der Waals surface area contributed by atoms with Crippen molar-refractivity contribution in [3.05, 3.63) is 34.4 Å². The maximum Gasteiger partial charge on any atom is 0.292 e. The number of benzene rings is 1. The predicted octanol–water partition coefficient (Wildman–Crippen LogP) is 1.78. The predicted molar refractivity (Wildman–Crippen MR) is 67.4 cm³/mol. The van der Waals surface area contributed by atoms with E-state index in [1.54, 1.807) is 12.1 Å². The summed E-state index contributed by atoms with van der Waals surface area (Å²) in [6.07, 6.45) is 0. The molecular formula is C12H17N3O2. The van der Waals surface area contributed by atoms with Gasteiger partial charge in [-0.1, -0.05) is 12.1 Å². The number of nitrogens with zero attached hydrogens (tertiary/aromatic N) is 2. The summed E-state index contributed by atoms with van der Waals surface area (Å²) in [5.41, 5.74) is 0.909. The molecule has 17 heavy (non-hydrogen) atoms. The fourth-order valence-corrected chi connectivity index (χ4v) is 2.41. The highest BCUT2D eigenvalue weighted by atomic mass is 16.6. The monoisotopic (exact) mass is 235 g/mol. The van der Waals surface area contributed by atoms with Crippen LogP contribution in [-0.2, 0) is 0 Å². The molecule has 1 N–H and O–H groups in total. The zero-order valence-corrected chi connectivity index (χ0v) is 10.1. The van der Waals surface area contributed by atoms with Gasteiger partial charge in [-0.2, -0.15) is 0 Å². The number of nitrogens with one attached hydrogen (secondary N) is 1. The van der Waals surface area contributed by atoms with Crippen LogP contribution in [0.1, 0.15) is 13.8 Å². The molecule has 1 aliphatic heterocycles. The summed E-state index contributed by atoms with van der Waals surface area (Å²) in [5, 5.41) is 14.4. The number of hydrogen-bond acceptors (Lipinski definition) is 4. The van der Waals surface area contributed by atoms with E-state index in [2.05, 4.69) is 24.1 Å². The topological polar surface area (TPSA) is 58.4 Å². The van der Waals surface area contributed by atoms with Crippen molar-refractivity contribution in [2.45, 2.75) is 25.9 Å². The minimum atomic E-state index is -0.313. The second kappa shape index (κ2) is 4.71. The van der Waals surface area contributed by atoms with E-state index in [-0.39, 0.29) is 10.6 Å². The number of para-hydroxylation sites is 2. The van der Waals surface area contributed by atoms with E-state index in [1.807, 2.05) is 12.1 Å². The van der Waals surface area contributed by atoms with Gasteiger partial charge in [0, 0.05) is 31.2 Å². The Morgan fingerprint density at radius 1 is 1.29 bits per heavy atom. The van der Waals surface area contributed by atoms with Crippen molar-refractivity contribution in [3.63, 3.8) is 0 Å². The van der Waals surface area contributed by atoms with Gasteiger partial charge in [-0.25, -0.2) is 0 Å². The van der Waals surface area contributed by atoms with Crippen molar-refractivity contribution < 1.29 is 4.92 Å². The molecule has 5 nitrogen and oxygen atoms in total. The fourth-order valence-electron chi connectivity index (χ4n) is 2.41. The molecule has 0 aliphatic carbocycles. The lowest BCUT2D eigenvalue weighted by molar-refractivity contribution is -0.384. The highest BCUT2D eigenvalue weighted by Gasteiger charge is 2.25. The SMILES string of the molecule is C[C@@H]1CN(c2ccccc2[N+](=O)[O-])C[C@H](C)N1. The van der Waals surface area contributed by atoms with Gasteiger partial charge in [0.1, 0.15) is 5.69 Å². The molecule has 0 spiro atoms.